The van der Waals surface area contributed by atoms with Gasteiger partial charge in [0.25, 0.3) is 0 Å². The summed E-state index contributed by atoms with van der Waals surface area (Å²) in [6.07, 6.45) is 5.41. The molecule has 274 valence electrons. The largest absolute Gasteiger partial charge is 0.494 e. The number of rotatable bonds is 15. The van der Waals surface area contributed by atoms with Crippen LogP contribution in [0.5, 0.6) is 11.5 Å². The highest BCUT2D eigenvalue weighted by molar-refractivity contribution is 7.92. The molecule has 0 aliphatic carbocycles. The van der Waals surface area contributed by atoms with Gasteiger partial charge in [-0.25, -0.2) is 21.6 Å². The summed E-state index contributed by atoms with van der Waals surface area (Å²) in [6, 6.07) is 11.2. The molecule has 2 unspecified atom stereocenters. The van der Waals surface area contributed by atoms with Crippen molar-refractivity contribution in [2.75, 3.05) is 26.9 Å². The number of aromatic nitrogens is 2. The number of nitrogens with zero attached hydrogens (tertiary/aromatic N) is 2. The number of hydrogen-bond donors (Lipinski definition) is 0. The highest BCUT2D eigenvalue weighted by Gasteiger charge is 2.42. The number of carbonyl (C=O) groups excluding carboxylic acids is 2. The summed E-state index contributed by atoms with van der Waals surface area (Å²) in [5.74, 6) is -0.978. The van der Waals surface area contributed by atoms with Gasteiger partial charge in [0.2, 0.25) is 0 Å². The minimum atomic E-state index is -4.15. The summed E-state index contributed by atoms with van der Waals surface area (Å²) >= 11 is 0. The molecule has 52 heavy (non-hydrogen) atoms. The van der Waals surface area contributed by atoms with Crippen LogP contribution in [0.1, 0.15) is 65.8 Å². The summed E-state index contributed by atoms with van der Waals surface area (Å²) < 4.78 is 84.3. The van der Waals surface area contributed by atoms with Gasteiger partial charge < -0.3 is 23.4 Å². The van der Waals surface area contributed by atoms with Gasteiger partial charge in [-0.2, -0.15) is 0 Å². The quantitative estimate of drug-likeness (QED) is 0.0911. The zero-order valence-corrected chi connectivity index (χ0v) is 30.5. The molecule has 0 bridgehead atoms. The van der Waals surface area contributed by atoms with E-state index in [2.05, 4.69) is 9.97 Å². The van der Waals surface area contributed by atoms with E-state index in [0.717, 1.165) is 6.20 Å². The van der Waals surface area contributed by atoms with Crippen LogP contribution < -0.4 is 9.47 Å². The van der Waals surface area contributed by atoms with Gasteiger partial charge >= 0.3 is 5.97 Å². The van der Waals surface area contributed by atoms with E-state index >= 15 is 0 Å². The number of methoxy groups -OCH3 is 1. The van der Waals surface area contributed by atoms with E-state index in [1.807, 2.05) is 6.92 Å². The first-order chi connectivity index (χ1) is 25.0. The van der Waals surface area contributed by atoms with Crippen LogP contribution in [0.4, 0.5) is 0 Å². The number of furan rings is 1. The Morgan fingerprint density at radius 2 is 1.60 bits per heavy atom. The fraction of sp³-hybridized carbons (Fsp3) is 0.351. The molecule has 0 spiro atoms. The molecule has 0 saturated carbocycles. The van der Waals surface area contributed by atoms with Gasteiger partial charge in [0.05, 0.1) is 70.9 Å². The minimum absolute atomic E-state index is 0.0131. The third-order valence-corrected chi connectivity index (χ3v) is 13.0. The number of benzene rings is 2. The molecule has 1 saturated heterocycles. The molecule has 5 aromatic rings. The predicted octanol–water partition coefficient (Wildman–Crippen LogP) is 5.92. The molecule has 15 heteroatoms. The Bertz CT molecular complexity index is 2340. The van der Waals surface area contributed by atoms with Crippen molar-refractivity contribution in [3.05, 3.63) is 84.1 Å². The van der Waals surface area contributed by atoms with Crippen LogP contribution in [0.2, 0.25) is 0 Å². The first-order valence-electron chi connectivity index (χ1n) is 16.8. The summed E-state index contributed by atoms with van der Waals surface area (Å²) in [7, 11) is -6.80. The van der Waals surface area contributed by atoms with Crippen molar-refractivity contribution in [1.82, 2.24) is 9.97 Å². The SMILES string of the molecule is CCCC(=O)c1cnc2c(OC)cccc2c1S(=O)(=O)C1CCOC1CCOc1cccc2c(S(=O)(=O)Cc3ccoc3)c(C(=O)OCC)cnc12. The molecule has 13 nitrogen and oxygen atoms in total. The second-order valence-electron chi connectivity index (χ2n) is 12.2. The average molecular weight is 751 g/mol. The molecule has 2 atom stereocenters. The number of carbonyl (C=O) groups is 2. The van der Waals surface area contributed by atoms with Crippen molar-refractivity contribution < 1.29 is 49.8 Å². The number of fused-ring (bicyclic) bond motifs is 2. The summed E-state index contributed by atoms with van der Waals surface area (Å²) in [5, 5.41) is -0.530. The van der Waals surface area contributed by atoms with Gasteiger partial charge in [-0.3, -0.25) is 14.8 Å². The van der Waals surface area contributed by atoms with E-state index in [1.54, 1.807) is 37.3 Å². The fourth-order valence-corrected chi connectivity index (χ4v) is 10.5. The lowest BCUT2D eigenvalue weighted by molar-refractivity contribution is 0.0521. The predicted molar refractivity (Wildman–Crippen MR) is 190 cm³/mol. The van der Waals surface area contributed by atoms with Crippen molar-refractivity contribution in [2.24, 2.45) is 0 Å². The van der Waals surface area contributed by atoms with E-state index in [1.165, 1.54) is 38.0 Å². The molecule has 0 N–H and O–H groups in total. The molecular formula is C37H38N2O11S2. The maximum atomic E-state index is 14.5. The topological polar surface area (TPSA) is 178 Å². The molecule has 3 aromatic heterocycles. The van der Waals surface area contributed by atoms with Crippen molar-refractivity contribution >= 4 is 53.2 Å². The van der Waals surface area contributed by atoms with Crippen LogP contribution in [0.3, 0.4) is 0 Å². The van der Waals surface area contributed by atoms with Crippen molar-refractivity contribution in [2.45, 2.75) is 66.4 Å². The maximum Gasteiger partial charge on any atom is 0.341 e. The second-order valence-corrected chi connectivity index (χ2v) is 16.2. The van der Waals surface area contributed by atoms with Crippen LogP contribution in [-0.4, -0.2) is 76.8 Å². The third-order valence-electron chi connectivity index (χ3n) is 8.85. The molecular weight excluding hydrogens is 713 g/mol. The Morgan fingerprint density at radius 3 is 2.27 bits per heavy atom. The highest BCUT2D eigenvalue weighted by atomic mass is 32.2. The average Bonchev–Trinajstić information content (AvgIpc) is 3.83. The number of sulfone groups is 2. The number of para-hydroxylation sites is 2. The van der Waals surface area contributed by atoms with Gasteiger partial charge in [0.15, 0.2) is 25.5 Å². The van der Waals surface area contributed by atoms with Crippen molar-refractivity contribution in [1.29, 1.82) is 0 Å². The van der Waals surface area contributed by atoms with Crippen molar-refractivity contribution in [3.63, 3.8) is 0 Å². The number of esters is 1. The smallest absolute Gasteiger partial charge is 0.341 e. The van der Waals surface area contributed by atoms with Crippen LogP contribution in [-0.2, 0) is 34.9 Å². The third kappa shape index (κ3) is 7.12. The molecule has 4 heterocycles. The first-order valence-corrected chi connectivity index (χ1v) is 20.0. The van der Waals surface area contributed by atoms with Crippen LogP contribution in [0.15, 0.2) is 81.6 Å². The van der Waals surface area contributed by atoms with Crippen LogP contribution >= 0.6 is 0 Å². The number of Topliss-reactive ketones (excluding diaryl/α,β-unsaturated/α-hetero) is 1. The monoisotopic (exact) mass is 750 g/mol. The molecule has 1 aliphatic heterocycles. The fourth-order valence-electron chi connectivity index (χ4n) is 6.54. The number of hydrogen-bond acceptors (Lipinski definition) is 13. The van der Waals surface area contributed by atoms with E-state index in [9.17, 15) is 26.4 Å². The first kappa shape index (κ1) is 36.9. The molecule has 0 radical (unpaired) electrons. The molecule has 0 amide bonds. The molecule has 2 aromatic carbocycles. The van der Waals surface area contributed by atoms with Gasteiger partial charge in [0.1, 0.15) is 22.5 Å². The number of ketones is 1. The van der Waals surface area contributed by atoms with E-state index < -0.39 is 42.8 Å². The van der Waals surface area contributed by atoms with Crippen LogP contribution in [0.25, 0.3) is 21.8 Å². The normalized spacial score (nSPS) is 16.3. The zero-order valence-electron chi connectivity index (χ0n) is 28.9. The standard InChI is InChI=1S/C37H38N2O11S2/c1-4-8-28(40)26-19-38-33-25(10-6-11-30(33)46-3)36(26)52(44,45)32-15-18-49-29(32)14-17-50-31-12-7-9-24-34(31)39-20-27(37(41)48-5-2)35(24)51(42,43)22-23-13-16-47-21-23/h6-7,9-13,16,19-21,29,32H,4-5,8,14-15,17-18,22H2,1-3H3. The molecule has 1 fully saturated rings. The van der Waals surface area contributed by atoms with Crippen molar-refractivity contribution in [3.8, 4) is 11.5 Å². The highest BCUT2D eigenvalue weighted by Crippen LogP contribution is 2.38. The van der Waals surface area contributed by atoms with E-state index in [4.69, 9.17) is 23.4 Å². The lowest BCUT2D eigenvalue weighted by atomic mass is 10.1. The Labute approximate surface area is 301 Å². The minimum Gasteiger partial charge on any atom is -0.494 e. The van der Waals surface area contributed by atoms with E-state index in [0.29, 0.717) is 28.6 Å². The lowest BCUT2D eigenvalue weighted by Gasteiger charge is -2.22. The number of ether oxygens (including phenoxy) is 4. The Hall–Kier alpha value is -4.86. The van der Waals surface area contributed by atoms with Crippen LogP contribution in [0, 0.1) is 0 Å². The number of pyridine rings is 2. The van der Waals surface area contributed by atoms with Gasteiger partial charge in [-0.15, -0.1) is 0 Å². The summed E-state index contributed by atoms with van der Waals surface area (Å²) in [4.78, 5) is 34.6. The van der Waals surface area contributed by atoms with Gasteiger partial charge in [-0.1, -0.05) is 31.2 Å². The van der Waals surface area contributed by atoms with Gasteiger partial charge in [-0.05, 0) is 38.0 Å². The Morgan fingerprint density at radius 1 is 0.904 bits per heavy atom. The molecule has 6 rings (SSSR count). The summed E-state index contributed by atoms with van der Waals surface area (Å²) in [6.45, 7) is 3.66. The second kappa shape index (κ2) is 15.4. The van der Waals surface area contributed by atoms with E-state index in [-0.39, 0.29) is 82.4 Å². The lowest BCUT2D eigenvalue weighted by Crippen LogP contribution is -2.32. The summed E-state index contributed by atoms with van der Waals surface area (Å²) in [5.41, 5.74) is 0.742. The molecule has 1 aliphatic rings. The Kier molecular flexibility index (Phi) is 10.9. The zero-order chi connectivity index (χ0) is 37.0. The Balaban J connectivity index is 1.30. The maximum absolute atomic E-state index is 14.5. The van der Waals surface area contributed by atoms with Gasteiger partial charge in [0, 0.05) is 48.2 Å².